The number of hydrogen-bond acceptors (Lipinski definition) is 5. The molecule has 3 heterocycles. The van der Waals surface area contributed by atoms with E-state index in [0.29, 0.717) is 6.61 Å². The Morgan fingerprint density at radius 1 is 1.58 bits per heavy atom. The van der Waals surface area contributed by atoms with Crippen molar-refractivity contribution in [3.63, 3.8) is 0 Å². The summed E-state index contributed by atoms with van der Waals surface area (Å²) in [4.78, 5) is 0.0653. The summed E-state index contributed by atoms with van der Waals surface area (Å²) in [6.45, 7) is 0.702. The van der Waals surface area contributed by atoms with Gasteiger partial charge in [0.2, 0.25) is 0 Å². The van der Waals surface area contributed by atoms with Crippen LogP contribution < -0.4 is 0 Å². The second-order valence-corrected chi connectivity index (χ2v) is 8.75. The summed E-state index contributed by atoms with van der Waals surface area (Å²) in [5.74, 6) is 2.15. The van der Waals surface area contributed by atoms with Crippen LogP contribution in [0.3, 0.4) is 0 Å². The van der Waals surface area contributed by atoms with Gasteiger partial charge in [0.1, 0.15) is 4.90 Å². The Morgan fingerprint density at radius 3 is 3.05 bits per heavy atom. The molecule has 0 bridgehead atoms. The fourth-order valence-electron chi connectivity index (χ4n) is 2.74. The molecule has 1 aromatic rings. The van der Waals surface area contributed by atoms with Crippen LogP contribution in [0.25, 0.3) is 0 Å². The summed E-state index contributed by atoms with van der Waals surface area (Å²) in [6, 6.07) is 0.194. The number of halogens is 1. The van der Waals surface area contributed by atoms with Gasteiger partial charge in [0.05, 0.1) is 17.8 Å². The molecule has 2 saturated heterocycles. The highest BCUT2D eigenvalue weighted by molar-refractivity contribution is 8.13. The van der Waals surface area contributed by atoms with Crippen molar-refractivity contribution in [1.82, 2.24) is 9.78 Å². The summed E-state index contributed by atoms with van der Waals surface area (Å²) in [6.07, 6.45) is 5.65. The van der Waals surface area contributed by atoms with Crippen molar-refractivity contribution in [2.45, 2.75) is 35.8 Å². The summed E-state index contributed by atoms with van der Waals surface area (Å²) in [7, 11) is 1.63. The van der Waals surface area contributed by atoms with Gasteiger partial charge in [-0.3, -0.25) is 4.68 Å². The molecule has 1 spiro atoms. The number of nitrogens with zero attached hydrogens (tertiary/aromatic N) is 2. The van der Waals surface area contributed by atoms with Crippen molar-refractivity contribution in [2.75, 3.05) is 18.1 Å². The van der Waals surface area contributed by atoms with E-state index in [4.69, 9.17) is 15.4 Å². The SMILES string of the molecule is O=S(=O)(Cl)c1cnn(C2CCOC3(CCSC3)C2)c1. The second-order valence-electron chi connectivity index (χ2n) is 5.07. The molecule has 2 atom stereocenters. The van der Waals surface area contributed by atoms with Crippen LogP contribution in [0.15, 0.2) is 17.3 Å². The van der Waals surface area contributed by atoms with E-state index >= 15 is 0 Å². The molecule has 0 radical (unpaired) electrons. The second kappa shape index (κ2) is 4.95. The molecule has 1 aromatic heterocycles. The van der Waals surface area contributed by atoms with Crippen molar-refractivity contribution in [3.05, 3.63) is 12.4 Å². The first kappa shape index (κ1) is 13.7. The maximum absolute atomic E-state index is 11.3. The van der Waals surface area contributed by atoms with Crippen LogP contribution in [0.1, 0.15) is 25.3 Å². The first-order chi connectivity index (χ1) is 8.99. The van der Waals surface area contributed by atoms with Crippen molar-refractivity contribution < 1.29 is 13.2 Å². The van der Waals surface area contributed by atoms with E-state index < -0.39 is 9.05 Å². The van der Waals surface area contributed by atoms with Gasteiger partial charge in [0.15, 0.2) is 0 Å². The van der Waals surface area contributed by atoms with Gasteiger partial charge in [-0.15, -0.1) is 0 Å². The number of ether oxygens (including phenoxy) is 1. The summed E-state index contributed by atoms with van der Waals surface area (Å²) in [5.41, 5.74) is -0.0421. The van der Waals surface area contributed by atoms with E-state index in [1.54, 1.807) is 4.68 Å². The van der Waals surface area contributed by atoms with Crippen LogP contribution in [-0.2, 0) is 13.8 Å². The maximum Gasteiger partial charge on any atom is 0.264 e. The predicted octanol–water partition coefficient (Wildman–Crippen LogP) is 2.04. The third kappa shape index (κ3) is 2.79. The Hall–Kier alpha value is -0.240. The molecule has 2 aliphatic rings. The lowest BCUT2D eigenvalue weighted by Crippen LogP contribution is -2.40. The van der Waals surface area contributed by atoms with Gasteiger partial charge in [0, 0.05) is 29.2 Å². The topological polar surface area (TPSA) is 61.2 Å². The molecule has 0 saturated carbocycles. The number of thioether (sulfide) groups is 1. The average Bonchev–Trinajstić information content (AvgIpc) is 2.98. The van der Waals surface area contributed by atoms with E-state index in [9.17, 15) is 8.42 Å². The highest BCUT2D eigenvalue weighted by atomic mass is 35.7. The van der Waals surface area contributed by atoms with Gasteiger partial charge < -0.3 is 4.74 Å². The van der Waals surface area contributed by atoms with Crippen LogP contribution in [-0.4, -0.2) is 41.9 Å². The molecule has 3 rings (SSSR count). The maximum atomic E-state index is 11.3. The minimum Gasteiger partial charge on any atom is -0.374 e. The Labute approximate surface area is 121 Å². The van der Waals surface area contributed by atoms with Gasteiger partial charge in [0.25, 0.3) is 9.05 Å². The lowest BCUT2D eigenvalue weighted by atomic mass is 9.90. The monoisotopic (exact) mass is 322 g/mol. The standard InChI is InChI=1S/C11H15ClN2O3S2/c12-19(15,16)10-6-13-14(7-10)9-1-3-17-11(5-9)2-4-18-8-11/h6-7,9H,1-5,8H2. The van der Waals surface area contributed by atoms with Crippen LogP contribution in [0.2, 0.25) is 0 Å². The van der Waals surface area contributed by atoms with Gasteiger partial charge in [-0.2, -0.15) is 16.9 Å². The Bertz CT molecular complexity index is 566. The Morgan fingerprint density at radius 2 is 2.42 bits per heavy atom. The molecule has 19 heavy (non-hydrogen) atoms. The number of hydrogen-bond donors (Lipinski definition) is 0. The average molecular weight is 323 g/mol. The summed E-state index contributed by atoms with van der Waals surface area (Å²) in [5, 5.41) is 4.15. The van der Waals surface area contributed by atoms with E-state index in [0.717, 1.165) is 30.8 Å². The smallest absolute Gasteiger partial charge is 0.264 e. The molecule has 0 aliphatic carbocycles. The number of rotatable bonds is 2. The zero-order valence-corrected chi connectivity index (χ0v) is 12.7. The van der Waals surface area contributed by atoms with Crippen LogP contribution in [0, 0.1) is 0 Å². The van der Waals surface area contributed by atoms with Crippen molar-refractivity contribution in [2.24, 2.45) is 0 Å². The summed E-state index contributed by atoms with van der Waals surface area (Å²) >= 11 is 1.91. The van der Waals surface area contributed by atoms with Gasteiger partial charge >= 0.3 is 0 Å². The molecular formula is C11H15ClN2O3S2. The van der Waals surface area contributed by atoms with Crippen molar-refractivity contribution >= 4 is 31.5 Å². The van der Waals surface area contributed by atoms with Gasteiger partial charge in [-0.05, 0) is 25.0 Å². The minimum absolute atomic E-state index is 0.0421. The largest absolute Gasteiger partial charge is 0.374 e. The zero-order chi connectivity index (χ0) is 13.5. The van der Waals surface area contributed by atoms with Gasteiger partial charge in [-0.1, -0.05) is 0 Å². The van der Waals surface area contributed by atoms with E-state index in [2.05, 4.69) is 5.10 Å². The van der Waals surface area contributed by atoms with Crippen LogP contribution >= 0.6 is 22.4 Å². The molecule has 2 unspecified atom stereocenters. The normalized spacial score (nSPS) is 31.9. The molecule has 2 fully saturated rings. The third-order valence-corrected chi connectivity index (χ3v) is 6.30. The molecular weight excluding hydrogens is 308 g/mol. The first-order valence-corrected chi connectivity index (χ1v) is 9.66. The van der Waals surface area contributed by atoms with Gasteiger partial charge in [-0.25, -0.2) is 8.42 Å². The Kier molecular flexibility index (Phi) is 3.57. The summed E-state index contributed by atoms with van der Waals surface area (Å²) < 4.78 is 30.2. The Balaban J connectivity index is 1.80. The van der Waals surface area contributed by atoms with Crippen molar-refractivity contribution in [3.8, 4) is 0 Å². The lowest BCUT2D eigenvalue weighted by Gasteiger charge is -2.37. The molecule has 0 amide bonds. The molecule has 5 nitrogen and oxygen atoms in total. The quantitative estimate of drug-likeness (QED) is 0.780. The van der Waals surface area contributed by atoms with Crippen LogP contribution in [0.4, 0.5) is 0 Å². The highest BCUT2D eigenvalue weighted by Gasteiger charge is 2.41. The van der Waals surface area contributed by atoms with Crippen LogP contribution in [0.5, 0.6) is 0 Å². The first-order valence-electron chi connectivity index (χ1n) is 6.19. The minimum atomic E-state index is -3.69. The van der Waals surface area contributed by atoms with E-state index in [1.165, 1.54) is 12.4 Å². The molecule has 8 heteroatoms. The molecule has 0 aromatic carbocycles. The zero-order valence-electron chi connectivity index (χ0n) is 10.3. The third-order valence-electron chi connectivity index (χ3n) is 3.77. The molecule has 106 valence electrons. The fourth-order valence-corrected chi connectivity index (χ4v) is 4.76. The van der Waals surface area contributed by atoms with E-state index in [-0.39, 0.29) is 16.5 Å². The lowest BCUT2D eigenvalue weighted by molar-refractivity contribution is -0.0778. The molecule has 0 N–H and O–H groups in total. The predicted molar refractivity (Wildman–Crippen MR) is 74.2 cm³/mol. The fraction of sp³-hybridized carbons (Fsp3) is 0.727. The van der Waals surface area contributed by atoms with Crippen molar-refractivity contribution in [1.29, 1.82) is 0 Å². The highest BCUT2D eigenvalue weighted by Crippen LogP contribution is 2.41. The number of aromatic nitrogens is 2. The van der Waals surface area contributed by atoms with E-state index in [1.807, 2.05) is 11.8 Å². The molecule has 2 aliphatic heterocycles.